The van der Waals surface area contributed by atoms with Gasteiger partial charge in [-0.1, -0.05) is 19.1 Å². The molecule has 7 heteroatoms. The molecule has 1 amide bonds. The average Bonchev–Trinajstić information content (AvgIpc) is 2.70. The van der Waals surface area contributed by atoms with Gasteiger partial charge in [0.05, 0.1) is 19.3 Å². The van der Waals surface area contributed by atoms with Crippen molar-refractivity contribution in [3.63, 3.8) is 0 Å². The lowest BCUT2D eigenvalue weighted by Crippen LogP contribution is -2.36. The molecule has 1 rings (SSSR count). The van der Waals surface area contributed by atoms with Gasteiger partial charge in [-0.3, -0.25) is 9.59 Å². The number of hydrogen-bond acceptors (Lipinski definition) is 5. The molecule has 0 bridgehead atoms. The molecule has 0 aromatic carbocycles. The van der Waals surface area contributed by atoms with E-state index in [0.29, 0.717) is 12.2 Å². The maximum Gasteiger partial charge on any atom is 0.234 e. The summed E-state index contributed by atoms with van der Waals surface area (Å²) in [5.41, 5.74) is 0.633. The van der Waals surface area contributed by atoms with E-state index in [4.69, 9.17) is 0 Å². The van der Waals surface area contributed by atoms with Crippen molar-refractivity contribution in [2.45, 2.75) is 39.9 Å². The van der Waals surface area contributed by atoms with Crippen LogP contribution in [-0.2, 0) is 22.7 Å². The van der Waals surface area contributed by atoms with Gasteiger partial charge in [0.1, 0.15) is 12.2 Å². The monoisotopic (exact) mass is 253 g/mol. The predicted octanol–water partition coefficient (Wildman–Crippen LogP) is -0.519. The van der Waals surface area contributed by atoms with Crippen LogP contribution in [0, 0.1) is 0 Å². The molecular formula is C11H19N5O2. The molecule has 1 aromatic heterocycles. The molecule has 0 saturated heterocycles. The Kier molecular flexibility index (Phi) is 5.44. The average molecular weight is 253 g/mol. The first-order valence-corrected chi connectivity index (χ1v) is 5.86. The van der Waals surface area contributed by atoms with Gasteiger partial charge in [-0.25, -0.2) is 4.68 Å². The minimum absolute atomic E-state index is 0.0108. The summed E-state index contributed by atoms with van der Waals surface area (Å²) in [4.78, 5) is 22.3. The number of hydrogen-bond donors (Lipinski definition) is 2. The van der Waals surface area contributed by atoms with Crippen molar-refractivity contribution in [1.29, 1.82) is 0 Å². The van der Waals surface area contributed by atoms with Crippen LogP contribution in [0.1, 0.15) is 26.5 Å². The van der Waals surface area contributed by atoms with Crippen LogP contribution in [-0.4, -0.2) is 39.3 Å². The number of ketones is 1. The molecule has 7 nitrogen and oxygen atoms in total. The van der Waals surface area contributed by atoms with E-state index >= 15 is 0 Å². The van der Waals surface area contributed by atoms with E-state index in [0.717, 1.165) is 0 Å². The predicted molar refractivity (Wildman–Crippen MR) is 65.7 cm³/mol. The summed E-state index contributed by atoms with van der Waals surface area (Å²) < 4.78 is 1.45. The molecular weight excluding hydrogens is 234 g/mol. The van der Waals surface area contributed by atoms with E-state index in [-0.39, 0.29) is 30.8 Å². The Morgan fingerprint density at radius 2 is 2.17 bits per heavy atom. The molecule has 18 heavy (non-hydrogen) atoms. The third kappa shape index (κ3) is 5.53. The molecule has 1 heterocycles. The van der Waals surface area contributed by atoms with Gasteiger partial charge in [0.15, 0.2) is 5.78 Å². The standard InChI is InChI=1S/C11H19N5O2/c1-8(2)12-5-11(18)13-4-10-7-16(15-14-10)6-9(3)17/h7-8,12H,4-6H2,1-3H3,(H,13,18). The number of carbonyl (C=O) groups excluding carboxylic acids is 2. The fraction of sp³-hybridized carbons (Fsp3) is 0.636. The van der Waals surface area contributed by atoms with E-state index in [1.54, 1.807) is 6.20 Å². The van der Waals surface area contributed by atoms with E-state index in [2.05, 4.69) is 20.9 Å². The second-order valence-electron chi connectivity index (χ2n) is 4.42. The molecule has 0 aliphatic rings. The van der Waals surface area contributed by atoms with Crippen LogP contribution in [0.5, 0.6) is 0 Å². The first-order chi connectivity index (χ1) is 8.47. The molecule has 0 aliphatic heterocycles. The Morgan fingerprint density at radius 1 is 1.44 bits per heavy atom. The first-order valence-electron chi connectivity index (χ1n) is 5.86. The van der Waals surface area contributed by atoms with Crippen LogP contribution < -0.4 is 10.6 Å². The minimum atomic E-state index is -0.0928. The topological polar surface area (TPSA) is 88.9 Å². The fourth-order valence-corrected chi connectivity index (χ4v) is 1.27. The summed E-state index contributed by atoms with van der Waals surface area (Å²) >= 11 is 0. The van der Waals surface area contributed by atoms with Crippen molar-refractivity contribution < 1.29 is 9.59 Å². The Balaban J connectivity index is 2.32. The molecule has 100 valence electrons. The van der Waals surface area contributed by atoms with Gasteiger partial charge in [0, 0.05) is 6.04 Å². The van der Waals surface area contributed by atoms with Crippen molar-refractivity contribution in [1.82, 2.24) is 25.6 Å². The van der Waals surface area contributed by atoms with Gasteiger partial charge < -0.3 is 10.6 Å². The molecule has 0 fully saturated rings. The number of carbonyl (C=O) groups is 2. The highest BCUT2D eigenvalue weighted by Crippen LogP contribution is 1.92. The SMILES string of the molecule is CC(=O)Cn1cc(CNC(=O)CNC(C)C)nn1. The summed E-state index contributed by atoms with van der Waals surface area (Å²) in [6, 6.07) is 0.271. The zero-order valence-electron chi connectivity index (χ0n) is 10.9. The Labute approximate surface area is 106 Å². The number of Topliss-reactive ketones (excluding diaryl/α,β-unsaturated/α-hetero) is 1. The van der Waals surface area contributed by atoms with Gasteiger partial charge in [-0.15, -0.1) is 5.10 Å². The van der Waals surface area contributed by atoms with Crippen molar-refractivity contribution in [2.75, 3.05) is 6.54 Å². The molecule has 2 N–H and O–H groups in total. The maximum atomic E-state index is 11.4. The van der Waals surface area contributed by atoms with Crippen LogP contribution in [0.25, 0.3) is 0 Å². The smallest absolute Gasteiger partial charge is 0.234 e. The lowest BCUT2D eigenvalue weighted by molar-refractivity contribution is -0.120. The summed E-state index contributed by atoms with van der Waals surface area (Å²) in [6.07, 6.45) is 1.65. The highest BCUT2D eigenvalue weighted by molar-refractivity contribution is 5.78. The number of aromatic nitrogens is 3. The van der Waals surface area contributed by atoms with Crippen LogP contribution in [0.4, 0.5) is 0 Å². The van der Waals surface area contributed by atoms with E-state index in [1.807, 2.05) is 13.8 Å². The lowest BCUT2D eigenvalue weighted by Gasteiger charge is -2.07. The fourth-order valence-electron chi connectivity index (χ4n) is 1.27. The quantitative estimate of drug-likeness (QED) is 0.682. The normalized spacial score (nSPS) is 10.7. The van der Waals surface area contributed by atoms with Crippen molar-refractivity contribution in [2.24, 2.45) is 0 Å². The van der Waals surface area contributed by atoms with Crippen LogP contribution in [0.3, 0.4) is 0 Å². The van der Waals surface area contributed by atoms with Gasteiger partial charge in [-0.2, -0.15) is 0 Å². The molecule has 0 spiro atoms. The number of nitrogens with one attached hydrogen (secondary N) is 2. The second-order valence-corrected chi connectivity index (χ2v) is 4.42. The van der Waals surface area contributed by atoms with Gasteiger partial charge in [0.25, 0.3) is 0 Å². The molecule has 0 saturated carbocycles. The highest BCUT2D eigenvalue weighted by atomic mass is 16.2. The number of rotatable bonds is 7. The lowest BCUT2D eigenvalue weighted by atomic mass is 10.4. The molecule has 0 unspecified atom stereocenters. The van der Waals surface area contributed by atoms with E-state index < -0.39 is 0 Å². The molecule has 0 atom stereocenters. The van der Waals surface area contributed by atoms with Crippen molar-refractivity contribution >= 4 is 11.7 Å². The van der Waals surface area contributed by atoms with Crippen molar-refractivity contribution in [3.05, 3.63) is 11.9 Å². The largest absolute Gasteiger partial charge is 0.349 e. The number of nitrogens with zero attached hydrogens (tertiary/aromatic N) is 3. The van der Waals surface area contributed by atoms with Crippen LogP contribution in [0.15, 0.2) is 6.20 Å². The maximum absolute atomic E-state index is 11.4. The summed E-state index contributed by atoms with van der Waals surface area (Å²) in [6.45, 7) is 6.23. The third-order valence-corrected chi connectivity index (χ3v) is 2.11. The van der Waals surface area contributed by atoms with Crippen LogP contribution in [0.2, 0.25) is 0 Å². The van der Waals surface area contributed by atoms with Gasteiger partial charge in [-0.05, 0) is 6.92 Å². The van der Waals surface area contributed by atoms with Gasteiger partial charge in [0.2, 0.25) is 5.91 Å². The van der Waals surface area contributed by atoms with E-state index in [9.17, 15) is 9.59 Å². The van der Waals surface area contributed by atoms with E-state index in [1.165, 1.54) is 11.6 Å². The highest BCUT2D eigenvalue weighted by Gasteiger charge is 2.05. The Hall–Kier alpha value is -1.76. The molecule has 0 aliphatic carbocycles. The molecule has 1 aromatic rings. The zero-order chi connectivity index (χ0) is 13.5. The summed E-state index contributed by atoms with van der Waals surface area (Å²) in [5, 5.41) is 13.4. The Morgan fingerprint density at radius 3 is 2.78 bits per heavy atom. The summed E-state index contributed by atoms with van der Waals surface area (Å²) in [5.74, 6) is -0.0820. The summed E-state index contributed by atoms with van der Waals surface area (Å²) in [7, 11) is 0. The molecule has 0 radical (unpaired) electrons. The third-order valence-electron chi connectivity index (χ3n) is 2.11. The Bertz CT molecular complexity index is 413. The number of amides is 1. The zero-order valence-corrected chi connectivity index (χ0v) is 10.9. The first kappa shape index (κ1) is 14.3. The van der Waals surface area contributed by atoms with Crippen LogP contribution >= 0.6 is 0 Å². The van der Waals surface area contributed by atoms with Gasteiger partial charge >= 0.3 is 0 Å². The second kappa shape index (κ2) is 6.85. The van der Waals surface area contributed by atoms with Crippen molar-refractivity contribution in [3.8, 4) is 0 Å². The minimum Gasteiger partial charge on any atom is -0.349 e.